The van der Waals surface area contributed by atoms with Crippen LogP contribution in [0.3, 0.4) is 0 Å². The lowest BCUT2D eigenvalue weighted by Gasteiger charge is -2.20. The molecule has 0 bridgehead atoms. The molecule has 2 rings (SSSR count). The standard InChI is InChI=1S/C18H19NO4S/c20-15(16-7-4-12-24-16)8-9-17(21)19(13-18(22)23)11-10-14-5-2-1-3-6-14/h1-7,12H,8-11,13H2,(H,22,23). The summed E-state index contributed by atoms with van der Waals surface area (Å²) in [5.41, 5.74) is 1.04. The second kappa shape index (κ2) is 8.98. The average Bonchev–Trinajstić information content (AvgIpc) is 3.11. The van der Waals surface area contributed by atoms with E-state index in [1.165, 1.54) is 16.2 Å². The van der Waals surface area contributed by atoms with Crippen molar-refractivity contribution in [2.45, 2.75) is 19.3 Å². The maximum atomic E-state index is 12.3. The Morgan fingerprint density at radius 2 is 1.75 bits per heavy atom. The van der Waals surface area contributed by atoms with E-state index >= 15 is 0 Å². The number of amides is 1. The molecule has 0 saturated heterocycles. The highest BCUT2D eigenvalue weighted by Crippen LogP contribution is 2.13. The lowest BCUT2D eigenvalue weighted by atomic mass is 10.1. The van der Waals surface area contributed by atoms with Crippen LogP contribution in [-0.2, 0) is 16.0 Å². The third-order valence-electron chi connectivity index (χ3n) is 3.55. The monoisotopic (exact) mass is 345 g/mol. The van der Waals surface area contributed by atoms with Gasteiger partial charge in [0.15, 0.2) is 5.78 Å². The molecule has 1 N–H and O–H groups in total. The topological polar surface area (TPSA) is 74.7 Å². The van der Waals surface area contributed by atoms with E-state index in [9.17, 15) is 14.4 Å². The van der Waals surface area contributed by atoms with Crippen LogP contribution in [0.25, 0.3) is 0 Å². The number of ketones is 1. The Bertz CT molecular complexity index is 682. The maximum absolute atomic E-state index is 12.3. The van der Waals surface area contributed by atoms with Crippen LogP contribution in [0.1, 0.15) is 28.1 Å². The number of hydrogen-bond donors (Lipinski definition) is 1. The van der Waals surface area contributed by atoms with Gasteiger partial charge < -0.3 is 10.0 Å². The van der Waals surface area contributed by atoms with Crippen molar-refractivity contribution in [3.8, 4) is 0 Å². The van der Waals surface area contributed by atoms with E-state index in [-0.39, 0.29) is 31.1 Å². The smallest absolute Gasteiger partial charge is 0.323 e. The molecule has 1 aromatic heterocycles. The second-order valence-corrected chi connectivity index (χ2v) is 6.29. The van der Waals surface area contributed by atoms with Crippen molar-refractivity contribution in [2.24, 2.45) is 0 Å². The van der Waals surface area contributed by atoms with Crippen molar-refractivity contribution < 1.29 is 19.5 Å². The third-order valence-corrected chi connectivity index (χ3v) is 4.46. The minimum Gasteiger partial charge on any atom is -0.480 e. The first-order chi connectivity index (χ1) is 11.6. The SMILES string of the molecule is O=C(O)CN(CCc1ccccc1)C(=O)CCC(=O)c1cccs1. The van der Waals surface area contributed by atoms with Gasteiger partial charge in [0.2, 0.25) is 5.91 Å². The van der Waals surface area contributed by atoms with Gasteiger partial charge in [0.05, 0.1) is 4.88 Å². The largest absolute Gasteiger partial charge is 0.480 e. The Hall–Kier alpha value is -2.47. The van der Waals surface area contributed by atoms with Crippen LogP contribution in [0.5, 0.6) is 0 Å². The van der Waals surface area contributed by atoms with Crippen molar-refractivity contribution in [3.63, 3.8) is 0 Å². The Morgan fingerprint density at radius 3 is 2.38 bits per heavy atom. The number of hydrogen-bond acceptors (Lipinski definition) is 4. The predicted octanol–water partition coefficient (Wildman–Crippen LogP) is 2.87. The summed E-state index contributed by atoms with van der Waals surface area (Å²) < 4.78 is 0. The van der Waals surface area contributed by atoms with E-state index in [0.29, 0.717) is 17.8 Å². The van der Waals surface area contributed by atoms with Gasteiger partial charge in [-0.3, -0.25) is 14.4 Å². The minimum absolute atomic E-state index is 0.0266. The molecule has 0 aliphatic heterocycles. The van der Waals surface area contributed by atoms with Gasteiger partial charge in [0.25, 0.3) is 0 Å². The van der Waals surface area contributed by atoms with Crippen LogP contribution >= 0.6 is 11.3 Å². The van der Waals surface area contributed by atoms with Crippen molar-refractivity contribution in [2.75, 3.05) is 13.1 Å². The molecule has 1 amide bonds. The van der Waals surface area contributed by atoms with Gasteiger partial charge in [0, 0.05) is 19.4 Å². The Kier molecular flexibility index (Phi) is 6.69. The van der Waals surface area contributed by atoms with E-state index in [1.807, 2.05) is 35.7 Å². The quantitative estimate of drug-likeness (QED) is 0.709. The zero-order chi connectivity index (χ0) is 17.4. The molecule has 1 heterocycles. The fourth-order valence-electron chi connectivity index (χ4n) is 2.30. The molecule has 0 fully saturated rings. The number of carboxylic acid groups (broad SMARTS) is 1. The highest BCUT2D eigenvalue weighted by atomic mass is 32.1. The van der Waals surface area contributed by atoms with Crippen molar-refractivity contribution in [3.05, 3.63) is 58.3 Å². The normalized spacial score (nSPS) is 10.3. The zero-order valence-electron chi connectivity index (χ0n) is 13.2. The van der Waals surface area contributed by atoms with Crippen molar-refractivity contribution >= 4 is 29.0 Å². The molecule has 0 atom stereocenters. The predicted molar refractivity (Wildman–Crippen MR) is 92.2 cm³/mol. The number of rotatable bonds is 9. The maximum Gasteiger partial charge on any atom is 0.323 e. The van der Waals surface area contributed by atoms with Crippen LogP contribution in [0.2, 0.25) is 0 Å². The van der Waals surface area contributed by atoms with Gasteiger partial charge in [-0.2, -0.15) is 0 Å². The second-order valence-electron chi connectivity index (χ2n) is 5.35. The summed E-state index contributed by atoms with van der Waals surface area (Å²) >= 11 is 1.34. The molecule has 1 aromatic carbocycles. The number of carbonyl (C=O) groups excluding carboxylic acids is 2. The highest BCUT2D eigenvalue weighted by Gasteiger charge is 2.18. The molecule has 5 nitrogen and oxygen atoms in total. The number of Topliss-reactive ketones (excluding diaryl/α,β-unsaturated/α-hetero) is 1. The summed E-state index contributed by atoms with van der Waals surface area (Å²) in [6, 6.07) is 13.1. The van der Waals surface area contributed by atoms with E-state index in [2.05, 4.69) is 0 Å². The zero-order valence-corrected chi connectivity index (χ0v) is 14.0. The lowest BCUT2D eigenvalue weighted by molar-refractivity contribution is -0.144. The number of thiophene rings is 1. The Balaban J connectivity index is 1.89. The number of nitrogens with zero attached hydrogens (tertiary/aromatic N) is 1. The van der Waals surface area contributed by atoms with Gasteiger partial charge in [0.1, 0.15) is 6.54 Å². The Morgan fingerprint density at radius 1 is 1.00 bits per heavy atom. The first-order valence-corrected chi connectivity index (χ1v) is 8.54. The van der Waals surface area contributed by atoms with Crippen LogP contribution < -0.4 is 0 Å². The van der Waals surface area contributed by atoms with Gasteiger partial charge >= 0.3 is 5.97 Å². The van der Waals surface area contributed by atoms with E-state index in [1.54, 1.807) is 12.1 Å². The lowest BCUT2D eigenvalue weighted by Crippen LogP contribution is -2.37. The molecule has 2 aromatic rings. The average molecular weight is 345 g/mol. The number of benzene rings is 1. The summed E-state index contributed by atoms with van der Waals surface area (Å²) in [6.45, 7) is -0.0266. The summed E-state index contributed by atoms with van der Waals surface area (Å²) in [7, 11) is 0. The molecule has 0 radical (unpaired) electrons. The molecule has 0 unspecified atom stereocenters. The minimum atomic E-state index is -1.05. The number of aliphatic carboxylic acids is 1. The molecule has 6 heteroatoms. The first-order valence-electron chi connectivity index (χ1n) is 7.66. The molecule has 0 saturated carbocycles. The molecule has 0 aliphatic carbocycles. The third kappa shape index (κ3) is 5.62. The van der Waals surface area contributed by atoms with Crippen LogP contribution in [0.15, 0.2) is 47.8 Å². The molecule has 126 valence electrons. The van der Waals surface area contributed by atoms with Gasteiger partial charge in [-0.25, -0.2) is 0 Å². The van der Waals surface area contributed by atoms with Gasteiger partial charge in [-0.05, 0) is 23.4 Å². The van der Waals surface area contributed by atoms with Crippen molar-refractivity contribution in [1.82, 2.24) is 4.90 Å². The number of carbonyl (C=O) groups is 3. The molecule has 24 heavy (non-hydrogen) atoms. The Labute approximate surface area is 144 Å². The molecule has 0 spiro atoms. The summed E-state index contributed by atoms with van der Waals surface area (Å²) in [4.78, 5) is 37.2. The first kappa shape index (κ1) is 17.9. The summed E-state index contributed by atoms with van der Waals surface area (Å²) in [5, 5.41) is 10.8. The molecular formula is C18H19NO4S. The van der Waals surface area contributed by atoms with Crippen LogP contribution in [0, 0.1) is 0 Å². The van der Waals surface area contributed by atoms with Crippen LogP contribution in [-0.4, -0.2) is 40.8 Å². The fourth-order valence-corrected chi connectivity index (χ4v) is 3.00. The van der Waals surface area contributed by atoms with Gasteiger partial charge in [-0.1, -0.05) is 36.4 Å². The van der Waals surface area contributed by atoms with E-state index in [0.717, 1.165) is 5.56 Å². The molecule has 0 aliphatic rings. The van der Waals surface area contributed by atoms with E-state index < -0.39 is 5.97 Å². The van der Waals surface area contributed by atoms with Crippen LogP contribution in [0.4, 0.5) is 0 Å². The van der Waals surface area contributed by atoms with Gasteiger partial charge in [-0.15, -0.1) is 11.3 Å². The molecular weight excluding hydrogens is 326 g/mol. The number of carboxylic acids is 1. The highest BCUT2D eigenvalue weighted by molar-refractivity contribution is 7.12. The summed E-state index contributed by atoms with van der Waals surface area (Å²) in [6.07, 6.45) is 0.707. The van der Waals surface area contributed by atoms with E-state index in [4.69, 9.17) is 5.11 Å². The fraction of sp³-hybridized carbons (Fsp3) is 0.278. The summed E-state index contributed by atoms with van der Waals surface area (Å²) in [5.74, 6) is -1.45. The van der Waals surface area contributed by atoms with Crippen molar-refractivity contribution in [1.29, 1.82) is 0 Å².